The molecule has 4 heteroatoms. The van der Waals surface area contributed by atoms with Gasteiger partial charge in [0, 0.05) is 23.6 Å². The van der Waals surface area contributed by atoms with E-state index in [0.717, 1.165) is 12.8 Å². The van der Waals surface area contributed by atoms with E-state index >= 15 is 0 Å². The second kappa shape index (κ2) is 6.17. The molecule has 14 heavy (non-hydrogen) atoms. The number of hydrogen-bond donors (Lipinski definition) is 1. The summed E-state index contributed by atoms with van der Waals surface area (Å²) in [7, 11) is -1.03. The summed E-state index contributed by atoms with van der Waals surface area (Å²) >= 11 is 0. The Morgan fingerprint density at radius 3 is 2.36 bits per heavy atom. The molecule has 0 saturated carbocycles. The van der Waals surface area contributed by atoms with Gasteiger partial charge in [0.25, 0.3) is 0 Å². The molecule has 0 rings (SSSR count). The molecule has 0 radical (unpaired) electrons. The van der Waals surface area contributed by atoms with Crippen molar-refractivity contribution in [2.75, 3.05) is 18.6 Å². The maximum absolute atomic E-state index is 11.1. The Labute approximate surface area is 89.1 Å². The highest BCUT2D eigenvalue weighted by atomic mass is 32.2. The van der Waals surface area contributed by atoms with E-state index < -0.39 is 10.8 Å². The van der Waals surface area contributed by atoms with Crippen molar-refractivity contribution in [2.45, 2.75) is 33.6 Å². The Morgan fingerprint density at radius 2 is 1.93 bits per heavy atom. The molecule has 1 atom stereocenters. The van der Waals surface area contributed by atoms with Crippen molar-refractivity contribution in [2.24, 2.45) is 5.41 Å². The summed E-state index contributed by atoms with van der Waals surface area (Å²) in [6, 6.07) is 0. The SMILES string of the molecule is CS(=O)CC(=O)NCCCC(C)(C)C. The number of amides is 1. The summed E-state index contributed by atoms with van der Waals surface area (Å²) in [5, 5.41) is 2.75. The van der Waals surface area contributed by atoms with E-state index in [9.17, 15) is 9.00 Å². The summed E-state index contributed by atoms with van der Waals surface area (Å²) in [6.45, 7) is 7.22. The van der Waals surface area contributed by atoms with E-state index in [1.807, 2.05) is 0 Å². The van der Waals surface area contributed by atoms with Gasteiger partial charge in [-0.2, -0.15) is 0 Å². The van der Waals surface area contributed by atoms with Crippen LogP contribution in [0.5, 0.6) is 0 Å². The lowest BCUT2D eigenvalue weighted by Crippen LogP contribution is -2.29. The molecule has 0 bridgehead atoms. The highest BCUT2D eigenvalue weighted by Crippen LogP contribution is 2.19. The maximum Gasteiger partial charge on any atom is 0.232 e. The summed E-state index contributed by atoms with van der Waals surface area (Å²) in [6.07, 6.45) is 3.60. The van der Waals surface area contributed by atoms with Crippen LogP contribution >= 0.6 is 0 Å². The predicted molar refractivity (Wildman–Crippen MR) is 60.6 cm³/mol. The average Bonchev–Trinajstić information content (AvgIpc) is 1.95. The molecule has 1 unspecified atom stereocenters. The summed E-state index contributed by atoms with van der Waals surface area (Å²) in [4.78, 5) is 11.1. The molecule has 0 aliphatic carbocycles. The third-order valence-corrected chi connectivity index (χ3v) is 2.43. The van der Waals surface area contributed by atoms with Gasteiger partial charge in [0.05, 0.1) is 0 Å². The lowest BCUT2D eigenvalue weighted by molar-refractivity contribution is -0.118. The van der Waals surface area contributed by atoms with Gasteiger partial charge in [0.1, 0.15) is 5.75 Å². The molecule has 0 spiro atoms. The van der Waals surface area contributed by atoms with Crippen LogP contribution in [0, 0.1) is 5.41 Å². The van der Waals surface area contributed by atoms with Crippen LogP contribution in [0.4, 0.5) is 0 Å². The Hall–Kier alpha value is -0.380. The van der Waals surface area contributed by atoms with Crippen molar-refractivity contribution < 1.29 is 9.00 Å². The molecule has 0 fully saturated rings. The number of carbonyl (C=O) groups is 1. The van der Waals surface area contributed by atoms with Crippen molar-refractivity contribution >= 4 is 16.7 Å². The van der Waals surface area contributed by atoms with Crippen LogP contribution in [-0.2, 0) is 15.6 Å². The van der Waals surface area contributed by atoms with Crippen LogP contribution in [0.15, 0.2) is 0 Å². The molecule has 0 heterocycles. The Bertz CT molecular complexity index is 209. The Kier molecular flexibility index (Phi) is 6.00. The molecule has 0 aliphatic rings. The number of hydrogen-bond acceptors (Lipinski definition) is 2. The first-order valence-electron chi connectivity index (χ1n) is 4.88. The predicted octanol–water partition coefficient (Wildman–Crippen LogP) is 1.31. The van der Waals surface area contributed by atoms with Crippen molar-refractivity contribution in [1.82, 2.24) is 5.32 Å². The highest BCUT2D eigenvalue weighted by Gasteiger charge is 2.09. The molecule has 0 aliphatic heterocycles. The van der Waals surface area contributed by atoms with E-state index in [2.05, 4.69) is 26.1 Å². The zero-order chi connectivity index (χ0) is 11.2. The van der Waals surface area contributed by atoms with E-state index in [-0.39, 0.29) is 11.7 Å². The first-order chi connectivity index (χ1) is 6.31. The number of nitrogens with one attached hydrogen (secondary N) is 1. The van der Waals surface area contributed by atoms with Crippen LogP contribution in [0.2, 0.25) is 0 Å². The lowest BCUT2D eigenvalue weighted by atomic mass is 9.91. The van der Waals surface area contributed by atoms with Gasteiger partial charge in [0.15, 0.2) is 0 Å². The fourth-order valence-electron chi connectivity index (χ4n) is 1.08. The Morgan fingerprint density at radius 1 is 1.36 bits per heavy atom. The molecule has 3 nitrogen and oxygen atoms in total. The van der Waals surface area contributed by atoms with Gasteiger partial charge >= 0.3 is 0 Å². The molecule has 0 aromatic heterocycles. The topological polar surface area (TPSA) is 46.2 Å². The molecule has 0 aromatic carbocycles. The van der Waals surface area contributed by atoms with Gasteiger partial charge in [-0.1, -0.05) is 20.8 Å². The summed E-state index contributed by atoms with van der Waals surface area (Å²) < 4.78 is 10.7. The number of rotatable bonds is 5. The van der Waals surface area contributed by atoms with Gasteiger partial charge in [-0.3, -0.25) is 9.00 Å². The zero-order valence-electron chi connectivity index (χ0n) is 9.55. The molecule has 0 saturated heterocycles. The van der Waals surface area contributed by atoms with Gasteiger partial charge in [0.2, 0.25) is 5.91 Å². The standard InChI is InChI=1S/C10H21NO2S/c1-10(2,3)6-5-7-11-9(12)8-14(4)13/h5-8H2,1-4H3,(H,11,12). The van der Waals surface area contributed by atoms with Crippen molar-refractivity contribution in [3.63, 3.8) is 0 Å². The second-order valence-electron chi connectivity index (χ2n) is 4.73. The molecular formula is C10H21NO2S. The lowest BCUT2D eigenvalue weighted by Gasteiger charge is -2.17. The molecule has 1 amide bonds. The fourth-order valence-corrected chi connectivity index (χ4v) is 1.55. The first kappa shape index (κ1) is 13.6. The van der Waals surface area contributed by atoms with E-state index in [0.29, 0.717) is 12.0 Å². The first-order valence-corrected chi connectivity index (χ1v) is 6.61. The van der Waals surface area contributed by atoms with Crippen LogP contribution < -0.4 is 5.32 Å². The highest BCUT2D eigenvalue weighted by molar-refractivity contribution is 7.85. The average molecular weight is 219 g/mol. The smallest absolute Gasteiger partial charge is 0.232 e. The van der Waals surface area contributed by atoms with Crippen LogP contribution in [-0.4, -0.2) is 28.7 Å². The van der Waals surface area contributed by atoms with Gasteiger partial charge in [-0.25, -0.2) is 0 Å². The van der Waals surface area contributed by atoms with Crippen LogP contribution in [0.25, 0.3) is 0 Å². The van der Waals surface area contributed by atoms with E-state index in [1.165, 1.54) is 6.26 Å². The normalized spacial score (nSPS) is 13.7. The van der Waals surface area contributed by atoms with E-state index in [4.69, 9.17) is 0 Å². The monoisotopic (exact) mass is 219 g/mol. The molecular weight excluding hydrogens is 198 g/mol. The zero-order valence-corrected chi connectivity index (χ0v) is 10.4. The van der Waals surface area contributed by atoms with Gasteiger partial charge < -0.3 is 5.32 Å². The Balaban J connectivity index is 3.46. The maximum atomic E-state index is 11.1. The van der Waals surface area contributed by atoms with Crippen molar-refractivity contribution in [3.8, 4) is 0 Å². The summed E-state index contributed by atoms with van der Waals surface area (Å²) in [5.41, 5.74) is 0.318. The molecule has 0 aromatic rings. The number of carbonyl (C=O) groups excluding carboxylic acids is 1. The van der Waals surface area contributed by atoms with Gasteiger partial charge in [-0.05, 0) is 18.3 Å². The second-order valence-corrected chi connectivity index (χ2v) is 6.17. The van der Waals surface area contributed by atoms with Gasteiger partial charge in [-0.15, -0.1) is 0 Å². The third kappa shape index (κ3) is 9.71. The molecule has 84 valence electrons. The van der Waals surface area contributed by atoms with Crippen LogP contribution in [0.1, 0.15) is 33.6 Å². The minimum atomic E-state index is -1.03. The van der Waals surface area contributed by atoms with Crippen molar-refractivity contribution in [1.29, 1.82) is 0 Å². The minimum absolute atomic E-state index is 0.111. The quantitative estimate of drug-likeness (QED) is 0.709. The molecule has 1 N–H and O–H groups in total. The summed E-state index contributed by atoms with van der Waals surface area (Å²) in [5.74, 6) is 0.00920. The minimum Gasteiger partial charge on any atom is -0.355 e. The van der Waals surface area contributed by atoms with Crippen LogP contribution in [0.3, 0.4) is 0 Å². The van der Waals surface area contributed by atoms with Crippen molar-refractivity contribution in [3.05, 3.63) is 0 Å². The van der Waals surface area contributed by atoms with E-state index in [1.54, 1.807) is 0 Å². The largest absolute Gasteiger partial charge is 0.355 e. The fraction of sp³-hybridized carbons (Fsp3) is 0.900. The third-order valence-electron chi connectivity index (χ3n) is 1.76.